The van der Waals surface area contributed by atoms with Gasteiger partial charge in [-0.3, -0.25) is 0 Å². The summed E-state index contributed by atoms with van der Waals surface area (Å²) in [6.45, 7) is 5.40. The van der Waals surface area contributed by atoms with Crippen molar-refractivity contribution in [3.63, 3.8) is 0 Å². The number of nitrogens with one attached hydrogen (secondary N) is 1. The van der Waals surface area contributed by atoms with Crippen LogP contribution in [0.1, 0.15) is 18.5 Å². The maximum atomic E-state index is 13.2. The van der Waals surface area contributed by atoms with E-state index in [-0.39, 0.29) is 12.4 Å². The monoisotopic (exact) mass is 314 g/mol. The lowest BCUT2D eigenvalue weighted by Gasteiger charge is -2.28. The van der Waals surface area contributed by atoms with Gasteiger partial charge in [0.1, 0.15) is 24.8 Å². The molecule has 1 atom stereocenters. The quantitative estimate of drug-likeness (QED) is 0.693. The summed E-state index contributed by atoms with van der Waals surface area (Å²) in [6, 6.07) is 5.38. The van der Waals surface area contributed by atoms with Gasteiger partial charge in [-0.2, -0.15) is 10.1 Å². The normalized spacial score (nSPS) is 16.5. The van der Waals surface area contributed by atoms with E-state index < -0.39 is 12.0 Å². The summed E-state index contributed by atoms with van der Waals surface area (Å²) in [4.78, 5) is 16.6. The summed E-state index contributed by atoms with van der Waals surface area (Å²) in [5.41, 5.74) is 1.73. The standard InChI is InChI=1S/C16H15FN4O2/c1-3-8-23-15(22)13-10(2)20-16-18-9-19-21(16)14(13)11-4-6-12(17)7-5-11/h3-7,9,14H,1,8H2,2H3,(H,18,19,20). The molecule has 2 heterocycles. The minimum Gasteiger partial charge on any atom is -0.458 e. The molecule has 0 saturated heterocycles. The summed E-state index contributed by atoms with van der Waals surface area (Å²) in [5, 5.41) is 7.20. The molecule has 1 unspecified atom stereocenters. The Bertz CT molecular complexity index is 780. The van der Waals surface area contributed by atoms with Crippen molar-refractivity contribution in [2.45, 2.75) is 13.0 Å². The lowest BCUT2D eigenvalue weighted by Crippen LogP contribution is -2.29. The van der Waals surface area contributed by atoms with Crippen molar-refractivity contribution in [1.82, 2.24) is 14.8 Å². The summed E-state index contributed by atoms with van der Waals surface area (Å²) < 4.78 is 20.0. The second-order valence-corrected chi connectivity index (χ2v) is 5.03. The summed E-state index contributed by atoms with van der Waals surface area (Å²) in [5.74, 6) is -0.319. The molecule has 6 nitrogen and oxygen atoms in total. The number of hydrogen-bond acceptors (Lipinski definition) is 5. The SMILES string of the molecule is C=CCOC(=O)C1=C(C)Nc2ncnn2C1c1ccc(F)cc1. The van der Waals surface area contributed by atoms with Crippen LogP contribution in [0.2, 0.25) is 0 Å². The van der Waals surface area contributed by atoms with Gasteiger partial charge in [0.15, 0.2) is 0 Å². The summed E-state index contributed by atoms with van der Waals surface area (Å²) in [7, 11) is 0. The molecule has 1 aliphatic rings. The van der Waals surface area contributed by atoms with Crippen LogP contribution in [0.5, 0.6) is 0 Å². The topological polar surface area (TPSA) is 69.0 Å². The van der Waals surface area contributed by atoms with Crippen LogP contribution in [0.4, 0.5) is 10.3 Å². The van der Waals surface area contributed by atoms with E-state index in [1.54, 1.807) is 23.7 Å². The van der Waals surface area contributed by atoms with Gasteiger partial charge < -0.3 is 10.1 Å². The van der Waals surface area contributed by atoms with Crippen LogP contribution in [0, 0.1) is 5.82 Å². The highest BCUT2D eigenvalue weighted by Crippen LogP contribution is 2.35. The van der Waals surface area contributed by atoms with Crippen LogP contribution in [0.3, 0.4) is 0 Å². The number of anilines is 1. The fourth-order valence-corrected chi connectivity index (χ4v) is 2.52. The van der Waals surface area contributed by atoms with Crippen LogP contribution in [0.15, 0.2) is 54.5 Å². The molecule has 1 aromatic heterocycles. The largest absolute Gasteiger partial charge is 0.458 e. The first-order chi connectivity index (χ1) is 11.1. The van der Waals surface area contributed by atoms with Gasteiger partial charge in [0, 0.05) is 5.70 Å². The van der Waals surface area contributed by atoms with E-state index in [9.17, 15) is 9.18 Å². The van der Waals surface area contributed by atoms with E-state index in [2.05, 4.69) is 22.0 Å². The van der Waals surface area contributed by atoms with Crippen LogP contribution in [-0.2, 0) is 9.53 Å². The zero-order chi connectivity index (χ0) is 16.4. The number of ether oxygens (including phenoxy) is 1. The molecule has 23 heavy (non-hydrogen) atoms. The number of rotatable bonds is 4. The smallest absolute Gasteiger partial charge is 0.338 e. The summed E-state index contributed by atoms with van der Waals surface area (Å²) in [6.07, 6.45) is 2.89. The Morgan fingerprint density at radius 3 is 2.91 bits per heavy atom. The Labute approximate surface area is 132 Å². The highest BCUT2D eigenvalue weighted by atomic mass is 19.1. The molecular weight excluding hydrogens is 299 g/mol. The first-order valence-corrected chi connectivity index (χ1v) is 7.02. The molecule has 0 aliphatic carbocycles. The number of aromatic nitrogens is 3. The number of halogens is 1. The van der Waals surface area contributed by atoms with E-state index in [0.717, 1.165) is 0 Å². The number of esters is 1. The predicted octanol–water partition coefficient (Wildman–Crippen LogP) is 2.44. The Balaban J connectivity index is 2.08. The Morgan fingerprint density at radius 2 is 2.22 bits per heavy atom. The number of nitrogens with zero attached hydrogens (tertiary/aromatic N) is 3. The van der Waals surface area contributed by atoms with Crippen molar-refractivity contribution in [1.29, 1.82) is 0 Å². The van der Waals surface area contributed by atoms with E-state index in [4.69, 9.17) is 4.74 Å². The lowest BCUT2D eigenvalue weighted by atomic mass is 9.96. The first kappa shape index (κ1) is 15.0. The molecule has 0 bridgehead atoms. The molecule has 0 amide bonds. The van der Waals surface area contributed by atoms with Gasteiger partial charge in [-0.15, -0.1) is 0 Å². The van der Waals surface area contributed by atoms with Crippen LogP contribution < -0.4 is 5.32 Å². The number of fused-ring (bicyclic) bond motifs is 1. The molecule has 0 saturated carbocycles. The van der Waals surface area contributed by atoms with Crippen molar-refractivity contribution < 1.29 is 13.9 Å². The van der Waals surface area contributed by atoms with E-state index in [1.165, 1.54) is 24.5 Å². The maximum Gasteiger partial charge on any atom is 0.338 e. The van der Waals surface area contributed by atoms with Gasteiger partial charge in [0.25, 0.3) is 0 Å². The number of carbonyl (C=O) groups is 1. The Kier molecular flexibility index (Phi) is 3.92. The van der Waals surface area contributed by atoms with E-state index >= 15 is 0 Å². The van der Waals surface area contributed by atoms with Crippen molar-refractivity contribution >= 4 is 11.9 Å². The summed E-state index contributed by atoms with van der Waals surface area (Å²) >= 11 is 0. The molecule has 7 heteroatoms. The minimum absolute atomic E-state index is 0.107. The van der Waals surface area contributed by atoms with Crippen LogP contribution >= 0.6 is 0 Å². The van der Waals surface area contributed by atoms with E-state index in [1.807, 2.05) is 0 Å². The van der Waals surface area contributed by atoms with Gasteiger partial charge in [-0.25, -0.2) is 13.9 Å². The molecule has 1 aromatic carbocycles. The van der Waals surface area contributed by atoms with Gasteiger partial charge in [-0.05, 0) is 24.6 Å². The first-order valence-electron chi connectivity index (χ1n) is 7.02. The third-order valence-corrected chi connectivity index (χ3v) is 3.53. The minimum atomic E-state index is -0.535. The molecule has 2 aromatic rings. The number of carbonyl (C=O) groups excluding carboxylic acids is 1. The number of benzene rings is 1. The van der Waals surface area contributed by atoms with Gasteiger partial charge in [0.2, 0.25) is 5.95 Å². The van der Waals surface area contributed by atoms with Gasteiger partial charge in [0.05, 0.1) is 5.57 Å². The van der Waals surface area contributed by atoms with Crippen molar-refractivity contribution in [2.24, 2.45) is 0 Å². The number of allylic oxidation sites excluding steroid dienone is 1. The second-order valence-electron chi connectivity index (χ2n) is 5.03. The van der Waals surface area contributed by atoms with Crippen LogP contribution in [-0.4, -0.2) is 27.3 Å². The zero-order valence-electron chi connectivity index (χ0n) is 12.5. The number of hydrogen-bond donors (Lipinski definition) is 1. The molecule has 3 rings (SSSR count). The molecular formula is C16H15FN4O2. The molecule has 1 aliphatic heterocycles. The van der Waals surface area contributed by atoms with E-state index in [0.29, 0.717) is 22.8 Å². The maximum absolute atomic E-state index is 13.2. The fourth-order valence-electron chi connectivity index (χ4n) is 2.52. The lowest BCUT2D eigenvalue weighted by molar-refractivity contribution is -0.138. The molecule has 0 fully saturated rings. The molecule has 0 spiro atoms. The predicted molar refractivity (Wildman–Crippen MR) is 82.0 cm³/mol. The Hall–Kier alpha value is -2.96. The second kappa shape index (κ2) is 6.04. The van der Waals surface area contributed by atoms with Crippen molar-refractivity contribution in [3.05, 3.63) is 65.9 Å². The molecule has 0 radical (unpaired) electrons. The average molecular weight is 314 g/mol. The third-order valence-electron chi connectivity index (χ3n) is 3.53. The Morgan fingerprint density at radius 1 is 1.48 bits per heavy atom. The molecule has 118 valence electrons. The fraction of sp³-hybridized carbons (Fsp3) is 0.188. The molecule has 1 N–H and O–H groups in total. The van der Waals surface area contributed by atoms with Crippen molar-refractivity contribution in [2.75, 3.05) is 11.9 Å². The highest BCUT2D eigenvalue weighted by Gasteiger charge is 2.34. The highest BCUT2D eigenvalue weighted by molar-refractivity contribution is 5.92. The van der Waals surface area contributed by atoms with Gasteiger partial charge >= 0.3 is 5.97 Å². The zero-order valence-corrected chi connectivity index (χ0v) is 12.5. The van der Waals surface area contributed by atoms with Gasteiger partial charge in [-0.1, -0.05) is 24.8 Å². The van der Waals surface area contributed by atoms with Crippen LogP contribution in [0.25, 0.3) is 0 Å². The third kappa shape index (κ3) is 2.73. The van der Waals surface area contributed by atoms with Crippen molar-refractivity contribution in [3.8, 4) is 0 Å². The average Bonchev–Trinajstić information content (AvgIpc) is 3.00.